The zero-order chi connectivity index (χ0) is 24.7. The molecule has 34 heavy (non-hydrogen) atoms. The normalized spacial score (nSPS) is 13.4. The highest BCUT2D eigenvalue weighted by Gasteiger charge is 2.23. The molecule has 8 nitrogen and oxygen atoms in total. The smallest absolute Gasteiger partial charge is 0.170 e. The molecule has 0 unspecified atom stereocenters. The molecule has 4 rings (SSSR count). The number of nitrogens with zero attached hydrogens (tertiary/aromatic N) is 3. The van der Waals surface area contributed by atoms with Gasteiger partial charge in [-0.3, -0.25) is 4.79 Å². The van der Waals surface area contributed by atoms with Gasteiger partial charge in [0, 0.05) is 35.6 Å². The number of aldehydes is 1. The Labute approximate surface area is 203 Å². The van der Waals surface area contributed by atoms with Crippen LogP contribution in [0.15, 0.2) is 53.5 Å². The molecule has 1 saturated carbocycles. The van der Waals surface area contributed by atoms with E-state index in [9.17, 15) is 9.18 Å². The minimum absolute atomic E-state index is 0.0901. The second kappa shape index (κ2) is 11.9. The largest absolute Gasteiger partial charge is 0.494 e. The molecule has 1 aliphatic rings. The lowest BCUT2D eigenvalue weighted by Crippen LogP contribution is -2.26. The van der Waals surface area contributed by atoms with E-state index in [4.69, 9.17) is 16.3 Å². The molecule has 5 N–H and O–H groups in total. The van der Waals surface area contributed by atoms with Gasteiger partial charge in [-0.25, -0.2) is 15.2 Å². The van der Waals surface area contributed by atoms with Gasteiger partial charge in [0.1, 0.15) is 5.65 Å². The maximum Gasteiger partial charge on any atom is 0.170 e. The van der Waals surface area contributed by atoms with Crippen molar-refractivity contribution in [3.63, 3.8) is 0 Å². The number of rotatable bonds is 9. The zero-order valence-electron chi connectivity index (χ0n) is 19.6. The Bertz CT molecular complexity index is 1160. The van der Waals surface area contributed by atoms with Crippen LogP contribution >= 0.6 is 11.8 Å². The highest BCUT2D eigenvalue weighted by molar-refractivity contribution is 7.98. The molecule has 0 bridgehead atoms. The van der Waals surface area contributed by atoms with Crippen LogP contribution in [0.3, 0.4) is 0 Å². The number of hydrogen-bond acceptors (Lipinski definition) is 8. The van der Waals surface area contributed by atoms with Crippen molar-refractivity contribution in [3.8, 4) is 5.75 Å². The van der Waals surface area contributed by atoms with Crippen molar-refractivity contribution >= 4 is 23.7 Å². The molecule has 0 aliphatic heterocycles. The summed E-state index contributed by atoms with van der Waals surface area (Å²) in [5.74, 6) is 6.50. The van der Waals surface area contributed by atoms with Gasteiger partial charge in [-0.1, -0.05) is 6.07 Å². The molecule has 1 fully saturated rings. The van der Waals surface area contributed by atoms with E-state index in [2.05, 4.69) is 22.6 Å². The first-order valence-electron chi connectivity index (χ1n) is 10.8. The van der Waals surface area contributed by atoms with E-state index in [1.807, 2.05) is 29.0 Å². The second-order valence-corrected chi connectivity index (χ2v) is 8.79. The van der Waals surface area contributed by atoms with Crippen LogP contribution in [0.4, 0.5) is 4.39 Å². The lowest BCUT2D eigenvalue weighted by molar-refractivity contribution is -0.105. The monoisotopic (exact) mass is 486 g/mol. The number of nitrogens with two attached hydrogens (primary N) is 2. The number of ether oxygens (including phenoxy) is 1. The average molecular weight is 487 g/mol. The summed E-state index contributed by atoms with van der Waals surface area (Å²) in [5.41, 5.74) is 9.24. The fourth-order valence-corrected chi connectivity index (χ4v) is 4.14. The Balaban J connectivity index is 0.000000204. The van der Waals surface area contributed by atoms with Gasteiger partial charge in [-0.15, -0.1) is 11.8 Å². The summed E-state index contributed by atoms with van der Waals surface area (Å²) < 4.78 is 20.7. The Morgan fingerprint density at radius 1 is 1.35 bits per heavy atom. The van der Waals surface area contributed by atoms with Crippen molar-refractivity contribution in [2.24, 2.45) is 11.6 Å². The Hall–Kier alpha value is -3.08. The van der Waals surface area contributed by atoms with Crippen molar-refractivity contribution in [1.82, 2.24) is 19.7 Å². The third-order valence-corrected chi connectivity index (χ3v) is 6.15. The third kappa shape index (κ3) is 6.49. The number of benzene rings is 1. The summed E-state index contributed by atoms with van der Waals surface area (Å²) in [6.07, 6.45) is 10.5. The Morgan fingerprint density at radius 3 is 2.74 bits per heavy atom. The third-order valence-electron chi connectivity index (χ3n) is 5.33. The minimum Gasteiger partial charge on any atom is -0.494 e. The number of hydrogen-bond donors (Lipinski definition) is 3. The first-order chi connectivity index (χ1) is 16.4. The molecule has 1 aliphatic carbocycles. The van der Waals surface area contributed by atoms with Crippen LogP contribution in [-0.2, 0) is 17.9 Å². The van der Waals surface area contributed by atoms with E-state index in [1.165, 1.54) is 48.5 Å². The number of nitrogens with one attached hydrogen (secondary N) is 1. The molecule has 0 amide bonds. The predicted octanol–water partition coefficient (Wildman–Crippen LogP) is 3.16. The average Bonchev–Trinajstić information content (AvgIpc) is 3.60. The van der Waals surface area contributed by atoms with Crippen LogP contribution in [0.1, 0.15) is 35.6 Å². The molecule has 2 heterocycles. The van der Waals surface area contributed by atoms with Crippen molar-refractivity contribution in [2.45, 2.75) is 36.7 Å². The minimum atomic E-state index is -0.270. The SMILES string of the molecule is CNCc1c(SC)ccc(OC)c1F.N/C(C=O)=C\N(N)Cc1cn2cc(C3CC3)ccc2n1. The van der Waals surface area contributed by atoms with Crippen LogP contribution in [0.5, 0.6) is 5.75 Å². The number of carbonyl (C=O) groups is 1. The highest BCUT2D eigenvalue weighted by atomic mass is 32.2. The maximum absolute atomic E-state index is 13.7. The number of pyridine rings is 1. The predicted molar refractivity (Wildman–Crippen MR) is 133 cm³/mol. The van der Waals surface area contributed by atoms with E-state index in [-0.39, 0.29) is 11.5 Å². The molecular weight excluding hydrogens is 455 g/mol. The van der Waals surface area contributed by atoms with Crippen LogP contribution in [0.25, 0.3) is 5.65 Å². The second-order valence-electron chi connectivity index (χ2n) is 7.95. The molecule has 0 radical (unpaired) electrons. The van der Waals surface area contributed by atoms with Crippen molar-refractivity contribution in [2.75, 3.05) is 20.4 Å². The molecular formula is C24H31FN6O2S. The summed E-state index contributed by atoms with van der Waals surface area (Å²) in [6.45, 7) is 0.911. The topological polar surface area (TPSA) is 111 Å². The molecule has 3 aromatic rings. The zero-order valence-corrected chi connectivity index (χ0v) is 20.4. The molecule has 2 aromatic heterocycles. The molecule has 182 valence electrons. The maximum atomic E-state index is 13.7. The number of thioether (sulfide) groups is 1. The lowest BCUT2D eigenvalue weighted by atomic mass is 10.2. The fourth-order valence-electron chi connectivity index (χ4n) is 3.52. The number of methoxy groups -OCH3 is 1. The number of hydrazine groups is 1. The van der Waals surface area contributed by atoms with Gasteiger partial charge in [-0.2, -0.15) is 0 Å². The summed E-state index contributed by atoms with van der Waals surface area (Å²) >= 11 is 1.53. The first kappa shape index (κ1) is 25.5. The molecule has 0 atom stereocenters. The van der Waals surface area contributed by atoms with Crippen LogP contribution in [-0.4, -0.2) is 41.1 Å². The van der Waals surface area contributed by atoms with E-state index >= 15 is 0 Å². The van der Waals surface area contributed by atoms with Gasteiger partial charge < -0.3 is 25.2 Å². The number of aromatic nitrogens is 2. The van der Waals surface area contributed by atoms with E-state index < -0.39 is 0 Å². The van der Waals surface area contributed by atoms with Crippen molar-refractivity contribution < 1.29 is 13.9 Å². The summed E-state index contributed by atoms with van der Waals surface area (Å²) in [7, 11) is 3.27. The van der Waals surface area contributed by atoms with Gasteiger partial charge in [-0.05, 0) is 55.8 Å². The van der Waals surface area contributed by atoms with Gasteiger partial charge >= 0.3 is 0 Å². The summed E-state index contributed by atoms with van der Waals surface area (Å²) in [4.78, 5) is 15.9. The number of halogens is 1. The Kier molecular flexibility index (Phi) is 8.91. The number of fused-ring (bicyclic) bond motifs is 1. The summed E-state index contributed by atoms with van der Waals surface area (Å²) in [5, 5.41) is 4.30. The molecule has 0 spiro atoms. The van der Waals surface area contributed by atoms with E-state index in [0.29, 0.717) is 36.6 Å². The summed E-state index contributed by atoms with van der Waals surface area (Å²) in [6, 6.07) is 7.68. The number of allylic oxidation sites excluding steroid dienone is 1. The van der Waals surface area contributed by atoms with Crippen molar-refractivity contribution in [3.05, 3.63) is 71.2 Å². The van der Waals surface area contributed by atoms with Crippen LogP contribution in [0, 0.1) is 5.82 Å². The highest BCUT2D eigenvalue weighted by Crippen LogP contribution is 2.39. The first-order valence-corrected chi connectivity index (χ1v) is 12.1. The van der Waals surface area contributed by atoms with Gasteiger partial charge in [0.05, 0.1) is 25.0 Å². The van der Waals surface area contributed by atoms with E-state index in [1.54, 1.807) is 13.1 Å². The Morgan fingerprint density at radius 2 is 2.12 bits per heavy atom. The van der Waals surface area contributed by atoms with Crippen molar-refractivity contribution in [1.29, 1.82) is 0 Å². The standard InChI is InChI=1S/C14H17N5O.C10H14FNOS/c15-12(9-20)6-19(16)8-13-7-18-5-11(10-1-2-10)3-4-14(18)17-13;1-12-6-7-9(14-3)5-4-8(13-2)10(7)11/h3-7,9-10H,1-2,8,15-16H2;4-5,12H,6H2,1-3H3/b12-6-;. The van der Waals surface area contributed by atoms with Gasteiger partial charge in [0.25, 0.3) is 0 Å². The molecule has 1 aromatic carbocycles. The van der Waals surface area contributed by atoms with Gasteiger partial charge in [0.15, 0.2) is 17.9 Å². The van der Waals surface area contributed by atoms with E-state index in [0.717, 1.165) is 16.2 Å². The molecule has 0 saturated heterocycles. The molecule has 10 heteroatoms. The quantitative estimate of drug-likeness (QED) is 0.139. The van der Waals surface area contributed by atoms with Crippen LogP contribution < -0.4 is 21.6 Å². The van der Waals surface area contributed by atoms with Gasteiger partial charge in [0.2, 0.25) is 0 Å². The fraction of sp³-hybridized carbons (Fsp3) is 0.333. The van der Waals surface area contributed by atoms with Crippen LogP contribution in [0.2, 0.25) is 0 Å². The number of carbonyl (C=O) groups excluding carboxylic acids is 1. The number of imidazole rings is 1. The lowest BCUT2D eigenvalue weighted by Gasteiger charge is -2.11.